The van der Waals surface area contributed by atoms with Gasteiger partial charge in [0.05, 0.1) is 22.6 Å². The van der Waals surface area contributed by atoms with Gasteiger partial charge in [0.25, 0.3) is 0 Å². The Morgan fingerprint density at radius 1 is 1.39 bits per heavy atom. The number of nitriles is 1. The molecule has 1 saturated heterocycles. The van der Waals surface area contributed by atoms with Gasteiger partial charge in [-0.3, -0.25) is 0 Å². The molecule has 8 heteroatoms. The summed E-state index contributed by atoms with van der Waals surface area (Å²) in [6.45, 7) is 0.470. The van der Waals surface area contributed by atoms with Crippen molar-refractivity contribution in [3.63, 3.8) is 0 Å². The second-order valence-electron chi connectivity index (χ2n) is 5.34. The first-order chi connectivity index (χ1) is 11.0. The van der Waals surface area contributed by atoms with Gasteiger partial charge in [-0.15, -0.1) is 0 Å². The average molecular weight is 332 g/mol. The number of nitrogens with one attached hydrogen (secondary N) is 1. The molecule has 23 heavy (non-hydrogen) atoms. The minimum atomic E-state index is -3.68. The molecular weight excluding hydrogens is 316 g/mol. The maximum atomic E-state index is 12.5. The summed E-state index contributed by atoms with van der Waals surface area (Å²) in [4.78, 5) is 4.37. The Bertz CT molecular complexity index is 836. The number of aryl methyl sites for hydroxylation is 1. The standard InChI is InChI=1S/C15H16N4O3S/c1-19-8-7-17-15(19)14-13(6-9-22-14)18-23(20,21)12-4-2-11(10-16)3-5-12/h2-5,7-8,13-14,18H,6,9H2,1H3/t13-,14-/m0/s1. The number of benzene rings is 1. The molecule has 3 rings (SSSR count). The van der Waals surface area contributed by atoms with Crippen molar-refractivity contribution >= 4 is 10.0 Å². The van der Waals surface area contributed by atoms with Gasteiger partial charge in [-0.1, -0.05) is 0 Å². The lowest BCUT2D eigenvalue weighted by Crippen LogP contribution is -2.37. The lowest BCUT2D eigenvalue weighted by molar-refractivity contribution is 0.0933. The average Bonchev–Trinajstić information content (AvgIpc) is 3.15. The highest BCUT2D eigenvalue weighted by Gasteiger charge is 2.35. The van der Waals surface area contributed by atoms with Crippen molar-refractivity contribution in [3.05, 3.63) is 48.0 Å². The Labute approximate surface area is 134 Å². The van der Waals surface area contributed by atoms with E-state index in [4.69, 9.17) is 10.00 Å². The zero-order valence-electron chi connectivity index (χ0n) is 12.5. The van der Waals surface area contributed by atoms with E-state index in [1.165, 1.54) is 24.3 Å². The summed E-state index contributed by atoms with van der Waals surface area (Å²) >= 11 is 0. The van der Waals surface area contributed by atoms with E-state index in [-0.39, 0.29) is 10.9 Å². The number of rotatable bonds is 4. The van der Waals surface area contributed by atoms with E-state index in [0.717, 1.165) is 0 Å². The van der Waals surface area contributed by atoms with Gasteiger partial charge >= 0.3 is 0 Å². The van der Waals surface area contributed by atoms with E-state index in [9.17, 15) is 8.42 Å². The molecule has 0 radical (unpaired) electrons. The van der Waals surface area contributed by atoms with Crippen LogP contribution in [0.5, 0.6) is 0 Å². The van der Waals surface area contributed by atoms with Crippen molar-refractivity contribution in [1.29, 1.82) is 5.26 Å². The van der Waals surface area contributed by atoms with Crippen molar-refractivity contribution in [2.24, 2.45) is 7.05 Å². The van der Waals surface area contributed by atoms with Crippen LogP contribution in [0.15, 0.2) is 41.6 Å². The zero-order valence-corrected chi connectivity index (χ0v) is 13.3. The SMILES string of the molecule is Cn1ccnc1[C@H]1OCC[C@@H]1NS(=O)(=O)c1ccc(C#N)cc1. The van der Waals surface area contributed by atoms with Crippen LogP contribution in [0.25, 0.3) is 0 Å². The van der Waals surface area contributed by atoms with Crippen LogP contribution < -0.4 is 4.72 Å². The third-order valence-corrected chi connectivity index (χ3v) is 5.31. The maximum Gasteiger partial charge on any atom is 0.240 e. The molecular formula is C15H16N4O3S. The van der Waals surface area contributed by atoms with Crippen molar-refractivity contribution in [1.82, 2.24) is 14.3 Å². The van der Waals surface area contributed by atoms with Crippen LogP contribution in [0.2, 0.25) is 0 Å². The molecule has 1 aliphatic rings. The molecule has 0 amide bonds. The summed E-state index contributed by atoms with van der Waals surface area (Å²) in [5, 5.41) is 8.79. The number of ether oxygens (including phenoxy) is 1. The fraction of sp³-hybridized carbons (Fsp3) is 0.333. The van der Waals surface area contributed by atoms with Gasteiger partial charge in [-0.05, 0) is 30.7 Å². The highest BCUT2D eigenvalue weighted by Crippen LogP contribution is 2.29. The molecule has 1 fully saturated rings. The molecule has 7 nitrogen and oxygen atoms in total. The van der Waals surface area contributed by atoms with Crippen LogP contribution >= 0.6 is 0 Å². The number of hydrogen-bond donors (Lipinski definition) is 1. The van der Waals surface area contributed by atoms with Crippen molar-refractivity contribution in [3.8, 4) is 6.07 Å². The van der Waals surface area contributed by atoms with Gasteiger partial charge in [0.2, 0.25) is 10.0 Å². The molecule has 2 heterocycles. The van der Waals surface area contributed by atoms with Gasteiger partial charge in [0.1, 0.15) is 11.9 Å². The molecule has 1 N–H and O–H groups in total. The van der Waals surface area contributed by atoms with E-state index >= 15 is 0 Å². The summed E-state index contributed by atoms with van der Waals surface area (Å²) in [5.41, 5.74) is 0.416. The maximum absolute atomic E-state index is 12.5. The molecule has 0 aliphatic carbocycles. The Morgan fingerprint density at radius 2 is 2.13 bits per heavy atom. The normalized spacial score (nSPS) is 21.2. The number of hydrogen-bond acceptors (Lipinski definition) is 5. The first-order valence-corrected chi connectivity index (χ1v) is 8.61. The van der Waals surface area contributed by atoms with Crippen LogP contribution in [0.4, 0.5) is 0 Å². The van der Waals surface area contributed by atoms with Gasteiger partial charge in [0.15, 0.2) is 0 Å². The van der Waals surface area contributed by atoms with E-state index < -0.39 is 16.1 Å². The summed E-state index contributed by atoms with van der Waals surface area (Å²) in [7, 11) is -1.84. The summed E-state index contributed by atoms with van der Waals surface area (Å²) in [6, 6.07) is 7.40. The minimum absolute atomic E-state index is 0.127. The molecule has 2 aromatic rings. The second kappa shape index (κ2) is 6.12. The van der Waals surface area contributed by atoms with Crippen molar-refractivity contribution in [2.75, 3.05) is 6.61 Å². The monoisotopic (exact) mass is 332 g/mol. The predicted octanol–water partition coefficient (Wildman–Crippen LogP) is 1.10. The highest BCUT2D eigenvalue weighted by atomic mass is 32.2. The molecule has 0 spiro atoms. The fourth-order valence-corrected chi connectivity index (χ4v) is 3.86. The molecule has 2 atom stereocenters. The Balaban J connectivity index is 1.82. The van der Waals surface area contributed by atoms with Crippen LogP contribution in [0.3, 0.4) is 0 Å². The quantitative estimate of drug-likeness (QED) is 0.904. The first-order valence-electron chi connectivity index (χ1n) is 7.12. The second-order valence-corrected chi connectivity index (χ2v) is 7.05. The van der Waals surface area contributed by atoms with Crippen LogP contribution in [-0.2, 0) is 21.8 Å². The summed E-state index contributed by atoms with van der Waals surface area (Å²) in [6.07, 6.45) is 3.61. The van der Waals surface area contributed by atoms with Crippen LogP contribution in [-0.4, -0.2) is 30.6 Å². The summed E-state index contributed by atoms with van der Waals surface area (Å²) in [5.74, 6) is 0.690. The van der Waals surface area contributed by atoms with Crippen LogP contribution in [0.1, 0.15) is 23.9 Å². The van der Waals surface area contributed by atoms with Gasteiger partial charge in [-0.2, -0.15) is 5.26 Å². The Hall–Kier alpha value is -2.21. The molecule has 120 valence electrons. The Morgan fingerprint density at radius 3 is 2.74 bits per heavy atom. The van der Waals surface area contributed by atoms with Gasteiger partial charge in [-0.25, -0.2) is 18.1 Å². The number of imidazole rings is 1. The first kappa shape index (κ1) is 15.7. The van der Waals surface area contributed by atoms with E-state index in [0.29, 0.717) is 24.4 Å². The molecule has 0 unspecified atom stereocenters. The smallest absolute Gasteiger partial charge is 0.240 e. The Kier molecular flexibility index (Phi) is 4.17. The topological polar surface area (TPSA) is 97.0 Å². The van der Waals surface area contributed by atoms with E-state index in [1.54, 1.807) is 12.4 Å². The molecule has 0 saturated carbocycles. The number of nitrogens with zero attached hydrogens (tertiary/aromatic N) is 3. The predicted molar refractivity (Wildman–Crippen MR) is 81.8 cm³/mol. The number of sulfonamides is 1. The number of aromatic nitrogens is 2. The van der Waals surface area contributed by atoms with E-state index in [2.05, 4.69) is 9.71 Å². The lowest BCUT2D eigenvalue weighted by Gasteiger charge is -2.19. The molecule has 1 aromatic carbocycles. The zero-order chi connectivity index (χ0) is 16.4. The molecule has 0 bridgehead atoms. The summed E-state index contributed by atoms with van der Waals surface area (Å²) < 4.78 is 35.2. The fourth-order valence-electron chi connectivity index (χ4n) is 2.59. The molecule has 1 aromatic heterocycles. The van der Waals surface area contributed by atoms with Gasteiger partial charge < -0.3 is 9.30 Å². The van der Waals surface area contributed by atoms with Crippen LogP contribution in [0, 0.1) is 11.3 Å². The highest BCUT2D eigenvalue weighted by molar-refractivity contribution is 7.89. The minimum Gasteiger partial charge on any atom is -0.369 e. The lowest BCUT2D eigenvalue weighted by atomic mass is 10.1. The van der Waals surface area contributed by atoms with Crippen molar-refractivity contribution < 1.29 is 13.2 Å². The van der Waals surface area contributed by atoms with E-state index in [1.807, 2.05) is 17.7 Å². The third-order valence-electron chi connectivity index (χ3n) is 3.80. The largest absolute Gasteiger partial charge is 0.369 e. The molecule has 1 aliphatic heterocycles. The van der Waals surface area contributed by atoms with Gasteiger partial charge in [0, 0.05) is 26.0 Å². The third kappa shape index (κ3) is 3.12. The van der Waals surface area contributed by atoms with Crippen molar-refractivity contribution in [2.45, 2.75) is 23.5 Å².